The summed E-state index contributed by atoms with van der Waals surface area (Å²) in [7, 11) is 1.44. The van der Waals surface area contributed by atoms with Crippen molar-refractivity contribution in [1.29, 1.82) is 0 Å². The van der Waals surface area contributed by atoms with Gasteiger partial charge in [-0.25, -0.2) is 4.98 Å². The molecule has 2 saturated heterocycles. The maximum absolute atomic E-state index is 14.0. The molecule has 2 aliphatic heterocycles. The highest BCUT2D eigenvalue weighted by atomic mass is 35.5. The van der Waals surface area contributed by atoms with Gasteiger partial charge in [0.25, 0.3) is 11.8 Å². The van der Waals surface area contributed by atoms with E-state index >= 15 is 0 Å². The first kappa shape index (κ1) is 33.2. The standard InChI is InChI=1S/C33H34ClF3N8O3/c1-42-27(25-20-45(41-28(25)33(35,36)37)19-21-5-3-2-4-6-21)18-39-29(42)30(46)40-23-7-8-24(26(34)17-23)32(48)44-15-13-43(14-16-44)31(47)22-9-11-38-12-10-22/h2-8,17-18,20,22,38H,9-16,19H2,1H3,(H,40,46). The molecule has 2 fully saturated rings. The molecule has 2 aromatic heterocycles. The van der Waals surface area contributed by atoms with Gasteiger partial charge in [-0.1, -0.05) is 41.9 Å². The maximum atomic E-state index is 14.0. The summed E-state index contributed by atoms with van der Waals surface area (Å²) in [5, 5.41) is 9.84. The van der Waals surface area contributed by atoms with Crippen LogP contribution in [0.1, 0.15) is 45.1 Å². The highest BCUT2D eigenvalue weighted by Crippen LogP contribution is 2.36. The molecule has 0 spiro atoms. The molecule has 2 aromatic carbocycles. The predicted molar refractivity (Wildman–Crippen MR) is 172 cm³/mol. The van der Waals surface area contributed by atoms with Gasteiger partial charge in [0.15, 0.2) is 11.5 Å². The van der Waals surface area contributed by atoms with Gasteiger partial charge in [-0.15, -0.1) is 0 Å². The Labute approximate surface area is 279 Å². The molecule has 15 heteroatoms. The molecule has 0 atom stereocenters. The number of nitrogens with zero attached hydrogens (tertiary/aromatic N) is 6. The number of piperazine rings is 1. The molecular formula is C33H34ClF3N8O3. The number of hydrogen-bond donors (Lipinski definition) is 2. The van der Waals surface area contributed by atoms with Crippen LogP contribution in [0.25, 0.3) is 11.3 Å². The van der Waals surface area contributed by atoms with E-state index in [9.17, 15) is 27.6 Å². The van der Waals surface area contributed by atoms with E-state index in [4.69, 9.17) is 11.6 Å². The molecule has 6 rings (SSSR count). The van der Waals surface area contributed by atoms with Crippen molar-refractivity contribution in [2.24, 2.45) is 13.0 Å². The molecule has 0 unspecified atom stereocenters. The summed E-state index contributed by atoms with van der Waals surface area (Å²) >= 11 is 6.48. The molecule has 48 heavy (non-hydrogen) atoms. The van der Waals surface area contributed by atoms with E-state index in [0.29, 0.717) is 26.2 Å². The van der Waals surface area contributed by atoms with Crippen molar-refractivity contribution in [2.45, 2.75) is 25.6 Å². The van der Waals surface area contributed by atoms with Gasteiger partial charge >= 0.3 is 6.18 Å². The minimum atomic E-state index is -4.74. The highest BCUT2D eigenvalue weighted by molar-refractivity contribution is 6.34. The number of carbonyl (C=O) groups is 3. The second-order valence-electron chi connectivity index (χ2n) is 11.9. The second kappa shape index (κ2) is 13.8. The lowest BCUT2D eigenvalue weighted by Crippen LogP contribution is -2.52. The van der Waals surface area contributed by atoms with Crippen molar-refractivity contribution in [3.63, 3.8) is 0 Å². The molecule has 0 aliphatic carbocycles. The number of aromatic nitrogens is 4. The molecule has 4 heterocycles. The number of amides is 3. The number of piperidine rings is 1. The smallest absolute Gasteiger partial charge is 0.339 e. The molecule has 2 N–H and O–H groups in total. The number of hydrogen-bond acceptors (Lipinski definition) is 6. The summed E-state index contributed by atoms with van der Waals surface area (Å²) in [5.74, 6) is -0.945. The molecule has 252 valence electrons. The lowest BCUT2D eigenvalue weighted by Gasteiger charge is -2.37. The van der Waals surface area contributed by atoms with Gasteiger partial charge in [-0.3, -0.25) is 19.1 Å². The lowest BCUT2D eigenvalue weighted by atomic mass is 9.96. The van der Waals surface area contributed by atoms with Crippen LogP contribution >= 0.6 is 11.6 Å². The summed E-state index contributed by atoms with van der Waals surface area (Å²) in [6.07, 6.45) is -0.619. The fraction of sp³-hybridized carbons (Fsp3) is 0.364. The number of halogens is 4. The van der Waals surface area contributed by atoms with E-state index in [1.165, 1.54) is 46.9 Å². The Morgan fingerprint density at radius 2 is 1.69 bits per heavy atom. The van der Waals surface area contributed by atoms with Crippen LogP contribution in [0.15, 0.2) is 60.9 Å². The SMILES string of the molecule is Cn1c(-c2cn(Cc3ccccc3)nc2C(F)(F)F)cnc1C(=O)Nc1ccc(C(=O)N2CCN(C(=O)C3CCNCC3)CC2)c(Cl)c1. The van der Waals surface area contributed by atoms with Gasteiger partial charge in [0.05, 0.1) is 34.6 Å². The lowest BCUT2D eigenvalue weighted by molar-refractivity contribution is -0.141. The Morgan fingerprint density at radius 3 is 2.35 bits per heavy atom. The Balaban J connectivity index is 1.12. The summed E-state index contributed by atoms with van der Waals surface area (Å²) < 4.78 is 44.5. The van der Waals surface area contributed by atoms with Gasteiger partial charge < -0.3 is 25.0 Å². The van der Waals surface area contributed by atoms with Gasteiger partial charge in [0, 0.05) is 51.0 Å². The Bertz CT molecular complexity index is 1810. The Morgan fingerprint density at radius 1 is 1.00 bits per heavy atom. The van der Waals surface area contributed by atoms with E-state index in [2.05, 4.69) is 20.7 Å². The number of alkyl halides is 3. The molecule has 11 nitrogen and oxygen atoms in total. The van der Waals surface area contributed by atoms with Crippen LogP contribution in [-0.2, 0) is 24.6 Å². The third kappa shape index (κ3) is 7.09. The molecule has 0 saturated carbocycles. The monoisotopic (exact) mass is 682 g/mol. The van der Waals surface area contributed by atoms with E-state index < -0.39 is 17.8 Å². The molecule has 3 amide bonds. The molecule has 2 aliphatic rings. The quantitative estimate of drug-likeness (QED) is 0.296. The van der Waals surface area contributed by atoms with Gasteiger partial charge in [-0.2, -0.15) is 18.3 Å². The summed E-state index contributed by atoms with van der Waals surface area (Å²) in [6.45, 7) is 3.45. The van der Waals surface area contributed by atoms with Gasteiger partial charge in [0.1, 0.15) is 0 Å². The first-order chi connectivity index (χ1) is 23.0. The largest absolute Gasteiger partial charge is 0.435 e. The normalized spacial score (nSPS) is 15.9. The average Bonchev–Trinajstić information content (AvgIpc) is 3.68. The summed E-state index contributed by atoms with van der Waals surface area (Å²) in [5.41, 5.74) is 0.0570. The van der Waals surface area contributed by atoms with Crippen LogP contribution in [0.4, 0.5) is 18.9 Å². The van der Waals surface area contributed by atoms with Gasteiger partial charge in [0.2, 0.25) is 5.91 Å². The van der Waals surface area contributed by atoms with Crippen LogP contribution in [0.2, 0.25) is 5.02 Å². The number of benzene rings is 2. The third-order valence-corrected chi connectivity index (χ3v) is 9.02. The van der Waals surface area contributed by atoms with Crippen LogP contribution < -0.4 is 10.6 Å². The Hall–Kier alpha value is -4.69. The van der Waals surface area contributed by atoms with Crippen molar-refractivity contribution in [3.8, 4) is 11.3 Å². The predicted octanol–water partition coefficient (Wildman–Crippen LogP) is 4.54. The van der Waals surface area contributed by atoms with E-state index in [-0.39, 0.29) is 57.6 Å². The number of nitrogens with one attached hydrogen (secondary N) is 2. The maximum Gasteiger partial charge on any atom is 0.435 e. The van der Waals surface area contributed by atoms with Crippen LogP contribution in [-0.4, -0.2) is 86.1 Å². The van der Waals surface area contributed by atoms with Crippen LogP contribution in [0, 0.1) is 5.92 Å². The molecule has 0 radical (unpaired) electrons. The molecular weight excluding hydrogens is 649 g/mol. The average molecular weight is 683 g/mol. The molecule has 0 bridgehead atoms. The number of anilines is 1. The number of rotatable bonds is 7. The fourth-order valence-electron chi connectivity index (χ4n) is 6.12. The first-order valence-corrected chi connectivity index (χ1v) is 16.0. The zero-order valence-corrected chi connectivity index (χ0v) is 26.9. The van der Waals surface area contributed by atoms with Crippen molar-refractivity contribution in [2.75, 3.05) is 44.6 Å². The van der Waals surface area contributed by atoms with Gasteiger partial charge in [-0.05, 0) is 49.7 Å². The Kier molecular flexibility index (Phi) is 9.56. The minimum absolute atomic E-state index is 0.0179. The summed E-state index contributed by atoms with van der Waals surface area (Å²) in [6, 6.07) is 13.4. The topological polar surface area (TPSA) is 117 Å². The second-order valence-corrected chi connectivity index (χ2v) is 12.3. The van der Waals surface area contributed by atoms with Crippen molar-refractivity contribution < 1.29 is 27.6 Å². The highest BCUT2D eigenvalue weighted by Gasteiger charge is 2.39. The van der Waals surface area contributed by atoms with Crippen molar-refractivity contribution in [3.05, 3.63) is 88.6 Å². The fourth-order valence-corrected chi connectivity index (χ4v) is 6.38. The molecule has 4 aromatic rings. The number of carbonyl (C=O) groups excluding carboxylic acids is 3. The first-order valence-electron chi connectivity index (χ1n) is 15.6. The number of imidazole rings is 1. The van der Waals surface area contributed by atoms with Crippen molar-refractivity contribution in [1.82, 2.24) is 34.4 Å². The van der Waals surface area contributed by atoms with E-state index in [0.717, 1.165) is 31.5 Å². The van der Waals surface area contributed by atoms with Crippen LogP contribution in [0.3, 0.4) is 0 Å². The minimum Gasteiger partial charge on any atom is -0.339 e. The van der Waals surface area contributed by atoms with E-state index in [1.807, 2.05) is 11.0 Å². The third-order valence-electron chi connectivity index (χ3n) is 8.71. The van der Waals surface area contributed by atoms with E-state index in [1.54, 1.807) is 29.2 Å². The zero-order chi connectivity index (χ0) is 34.0. The summed E-state index contributed by atoms with van der Waals surface area (Å²) in [4.78, 5) is 46.9. The van der Waals surface area contributed by atoms with Crippen LogP contribution in [0.5, 0.6) is 0 Å². The zero-order valence-electron chi connectivity index (χ0n) is 26.1. The van der Waals surface area contributed by atoms with Crippen molar-refractivity contribution >= 4 is 35.0 Å².